The van der Waals surface area contributed by atoms with E-state index in [2.05, 4.69) is 32.5 Å². The van der Waals surface area contributed by atoms with Crippen LogP contribution in [0, 0.1) is 5.82 Å². The molecule has 1 aromatic carbocycles. The van der Waals surface area contributed by atoms with Crippen LogP contribution in [-0.4, -0.2) is 49.1 Å². The Balaban J connectivity index is 1.48. The first kappa shape index (κ1) is 17.2. The molecule has 2 N–H and O–H groups in total. The van der Waals surface area contributed by atoms with E-state index in [9.17, 15) is 9.18 Å². The van der Waals surface area contributed by atoms with Gasteiger partial charge in [-0.1, -0.05) is 6.07 Å². The van der Waals surface area contributed by atoms with Crippen molar-refractivity contribution in [2.24, 2.45) is 0 Å². The maximum absolute atomic E-state index is 12.8. The van der Waals surface area contributed by atoms with E-state index in [1.807, 2.05) is 12.1 Å². The van der Waals surface area contributed by atoms with E-state index in [-0.39, 0.29) is 11.8 Å². The standard InChI is InChI=1S/C18H22FN5O/c1-23-8-10-24(11-9-23)17-7-2-14(12-20-17)13-21-18(25)22-16-5-3-15(19)4-6-16/h2-7,12H,8-11,13H2,1H3,(H2,21,22,25). The average molecular weight is 343 g/mol. The first-order chi connectivity index (χ1) is 12.1. The van der Waals surface area contributed by atoms with E-state index in [1.54, 1.807) is 6.20 Å². The SMILES string of the molecule is CN1CCN(c2ccc(CNC(=O)Nc3ccc(F)cc3)cn2)CC1. The van der Waals surface area contributed by atoms with Gasteiger partial charge in [0, 0.05) is 44.6 Å². The molecule has 1 aliphatic heterocycles. The van der Waals surface area contributed by atoms with Crippen LogP contribution in [-0.2, 0) is 6.54 Å². The number of amides is 2. The molecule has 7 heteroatoms. The topological polar surface area (TPSA) is 60.5 Å². The third-order valence-corrected chi connectivity index (χ3v) is 4.19. The molecule has 2 heterocycles. The maximum atomic E-state index is 12.8. The van der Waals surface area contributed by atoms with E-state index < -0.39 is 0 Å². The van der Waals surface area contributed by atoms with Crippen LogP contribution < -0.4 is 15.5 Å². The molecule has 0 spiro atoms. The molecule has 2 amide bonds. The summed E-state index contributed by atoms with van der Waals surface area (Å²) < 4.78 is 12.8. The fourth-order valence-electron chi connectivity index (χ4n) is 2.63. The number of nitrogens with zero attached hydrogens (tertiary/aromatic N) is 3. The van der Waals surface area contributed by atoms with Crippen molar-refractivity contribution in [3.8, 4) is 0 Å². The second-order valence-electron chi connectivity index (χ2n) is 6.13. The summed E-state index contributed by atoms with van der Waals surface area (Å²) in [5.41, 5.74) is 1.47. The van der Waals surface area contributed by atoms with Gasteiger partial charge < -0.3 is 20.4 Å². The monoisotopic (exact) mass is 343 g/mol. The van der Waals surface area contributed by atoms with Crippen LogP contribution in [0.1, 0.15) is 5.56 Å². The van der Waals surface area contributed by atoms with Crippen molar-refractivity contribution in [2.45, 2.75) is 6.54 Å². The zero-order chi connectivity index (χ0) is 17.6. The van der Waals surface area contributed by atoms with E-state index in [4.69, 9.17) is 0 Å². The quantitative estimate of drug-likeness (QED) is 0.894. The number of carbonyl (C=O) groups is 1. The van der Waals surface area contributed by atoms with Crippen molar-refractivity contribution in [3.63, 3.8) is 0 Å². The van der Waals surface area contributed by atoms with Gasteiger partial charge in [0.1, 0.15) is 11.6 Å². The lowest BCUT2D eigenvalue weighted by atomic mass is 10.2. The summed E-state index contributed by atoms with van der Waals surface area (Å²) in [6.07, 6.45) is 1.78. The second-order valence-corrected chi connectivity index (χ2v) is 6.13. The number of rotatable bonds is 4. The summed E-state index contributed by atoms with van der Waals surface area (Å²) in [5.74, 6) is 0.630. The molecule has 1 fully saturated rings. The number of likely N-dealkylation sites (N-methyl/N-ethyl adjacent to an activating group) is 1. The van der Waals surface area contributed by atoms with Crippen LogP contribution in [0.15, 0.2) is 42.6 Å². The van der Waals surface area contributed by atoms with Crippen molar-refractivity contribution < 1.29 is 9.18 Å². The molecule has 1 saturated heterocycles. The summed E-state index contributed by atoms with van der Waals surface area (Å²) in [7, 11) is 2.12. The molecular formula is C18H22FN5O. The third kappa shape index (κ3) is 4.90. The second kappa shape index (κ2) is 7.94. The smallest absolute Gasteiger partial charge is 0.319 e. The zero-order valence-corrected chi connectivity index (χ0v) is 14.2. The molecule has 0 radical (unpaired) electrons. The van der Waals surface area contributed by atoms with Gasteiger partial charge in [-0.15, -0.1) is 0 Å². The predicted octanol–water partition coefficient (Wildman–Crippen LogP) is 2.29. The number of carbonyl (C=O) groups excluding carboxylic acids is 1. The Morgan fingerprint density at radius 3 is 2.48 bits per heavy atom. The van der Waals surface area contributed by atoms with Gasteiger partial charge in [-0.25, -0.2) is 14.2 Å². The van der Waals surface area contributed by atoms with Gasteiger partial charge in [0.15, 0.2) is 0 Å². The molecule has 1 aromatic heterocycles. The van der Waals surface area contributed by atoms with Gasteiger partial charge in [-0.2, -0.15) is 0 Å². The molecule has 25 heavy (non-hydrogen) atoms. The van der Waals surface area contributed by atoms with E-state index >= 15 is 0 Å². The number of halogens is 1. The first-order valence-electron chi connectivity index (χ1n) is 8.29. The Morgan fingerprint density at radius 2 is 1.84 bits per heavy atom. The summed E-state index contributed by atoms with van der Waals surface area (Å²) in [6.45, 7) is 4.40. The highest BCUT2D eigenvalue weighted by Gasteiger charge is 2.14. The summed E-state index contributed by atoms with van der Waals surface area (Å²) in [5, 5.41) is 5.42. The van der Waals surface area contributed by atoms with Crippen LogP contribution in [0.5, 0.6) is 0 Å². The Hall–Kier alpha value is -2.67. The fourth-order valence-corrected chi connectivity index (χ4v) is 2.63. The number of hydrogen-bond donors (Lipinski definition) is 2. The Kier molecular flexibility index (Phi) is 5.45. The molecule has 3 rings (SSSR count). The highest BCUT2D eigenvalue weighted by molar-refractivity contribution is 5.89. The minimum Gasteiger partial charge on any atom is -0.354 e. The van der Waals surface area contributed by atoms with Crippen molar-refractivity contribution in [1.29, 1.82) is 0 Å². The lowest BCUT2D eigenvalue weighted by Gasteiger charge is -2.33. The molecule has 0 aliphatic carbocycles. The molecular weight excluding hydrogens is 321 g/mol. The lowest BCUT2D eigenvalue weighted by molar-refractivity contribution is 0.251. The van der Waals surface area contributed by atoms with Gasteiger partial charge in [-0.05, 0) is 42.9 Å². The molecule has 6 nitrogen and oxygen atoms in total. The highest BCUT2D eigenvalue weighted by Crippen LogP contribution is 2.13. The molecule has 132 valence electrons. The van der Waals surface area contributed by atoms with Crippen LogP contribution in [0.4, 0.5) is 20.7 Å². The predicted molar refractivity (Wildman–Crippen MR) is 96.2 cm³/mol. The van der Waals surface area contributed by atoms with Gasteiger partial charge in [0.2, 0.25) is 0 Å². The average Bonchev–Trinajstić information content (AvgIpc) is 2.63. The molecule has 2 aromatic rings. The molecule has 0 unspecified atom stereocenters. The van der Waals surface area contributed by atoms with Crippen molar-refractivity contribution >= 4 is 17.5 Å². The number of benzene rings is 1. The van der Waals surface area contributed by atoms with Crippen molar-refractivity contribution in [1.82, 2.24) is 15.2 Å². The summed E-state index contributed by atoms with van der Waals surface area (Å²) >= 11 is 0. The van der Waals surface area contributed by atoms with Gasteiger partial charge in [0.05, 0.1) is 0 Å². The number of anilines is 2. The van der Waals surface area contributed by atoms with E-state index in [1.165, 1.54) is 24.3 Å². The minimum atomic E-state index is -0.338. The molecule has 1 aliphatic rings. The first-order valence-corrected chi connectivity index (χ1v) is 8.29. The zero-order valence-electron chi connectivity index (χ0n) is 14.2. The van der Waals surface area contributed by atoms with E-state index in [0.29, 0.717) is 12.2 Å². The normalized spacial score (nSPS) is 15.0. The number of urea groups is 1. The number of pyridine rings is 1. The number of nitrogens with one attached hydrogen (secondary N) is 2. The van der Waals surface area contributed by atoms with Gasteiger partial charge >= 0.3 is 6.03 Å². The largest absolute Gasteiger partial charge is 0.354 e. The Labute approximate surface area is 146 Å². The molecule has 0 saturated carbocycles. The third-order valence-electron chi connectivity index (χ3n) is 4.19. The Morgan fingerprint density at radius 1 is 1.12 bits per heavy atom. The minimum absolute atomic E-state index is 0.336. The van der Waals surface area contributed by atoms with Crippen molar-refractivity contribution in [3.05, 3.63) is 54.0 Å². The van der Waals surface area contributed by atoms with Gasteiger partial charge in [-0.3, -0.25) is 0 Å². The summed E-state index contributed by atoms with van der Waals surface area (Å²) in [4.78, 5) is 20.9. The fraction of sp³-hybridized carbons (Fsp3) is 0.333. The maximum Gasteiger partial charge on any atom is 0.319 e. The van der Waals surface area contributed by atoms with Crippen molar-refractivity contribution in [2.75, 3.05) is 43.4 Å². The number of hydrogen-bond acceptors (Lipinski definition) is 4. The van der Waals surface area contributed by atoms with Crippen LogP contribution >= 0.6 is 0 Å². The Bertz CT molecular complexity index is 696. The van der Waals surface area contributed by atoms with E-state index in [0.717, 1.165) is 37.6 Å². The van der Waals surface area contributed by atoms with Crippen LogP contribution in [0.2, 0.25) is 0 Å². The number of piperazine rings is 1. The molecule has 0 bridgehead atoms. The van der Waals surface area contributed by atoms with Gasteiger partial charge in [0.25, 0.3) is 0 Å². The van der Waals surface area contributed by atoms with Crippen LogP contribution in [0.25, 0.3) is 0 Å². The summed E-state index contributed by atoms with van der Waals surface area (Å²) in [6, 6.07) is 9.25. The molecule has 0 atom stereocenters. The number of aromatic nitrogens is 1. The van der Waals surface area contributed by atoms with Crippen LogP contribution in [0.3, 0.4) is 0 Å². The highest BCUT2D eigenvalue weighted by atomic mass is 19.1. The lowest BCUT2D eigenvalue weighted by Crippen LogP contribution is -2.44.